The summed E-state index contributed by atoms with van der Waals surface area (Å²) in [6.07, 6.45) is 1.26. The zero-order chi connectivity index (χ0) is 18.2. The first kappa shape index (κ1) is 19.4. The molecule has 2 aliphatic heterocycles. The molecule has 1 aromatic carbocycles. The Morgan fingerprint density at radius 1 is 1.08 bits per heavy atom. The van der Waals surface area contributed by atoms with Gasteiger partial charge < -0.3 is 14.5 Å². The Labute approximate surface area is 159 Å². The van der Waals surface area contributed by atoms with E-state index >= 15 is 0 Å². The number of ether oxygens (including phenoxy) is 1. The first-order valence-corrected chi connectivity index (χ1v) is 9.80. The Morgan fingerprint density at radius 3 is 2.46 bits per heavy atom. The number of benzene rings is 1. The van der Waals surface area contributed by atoms with Gasteiger partial charge in [0.2, 0.25) is 0 Å². The van der Waals surface area contributed by atoms with Crippen LogP contribution in [0, 0.1) is 0 Å². The normalized spacial score (nSPS) is 20.3. The number of carbonyl (C=O) groups excluding carboxylic acids is 1. The minimum atomic E-state index is -0.264. The van der Waals surface area contributed by atoms with E-state index in [2.05, 4.69) is 16.3 Å². The maximum atomic E-state index is 12.1. The predicted octanol–water partition coefficient (Wildman–Crippen LogP) is 2.55. The molecule has 0 unspecified atom stereocenters. The van der Waals surface area contributed by atoms with E-state index in [0.717, 1.165) is 44.6 Å². The van der Waals surface area contributed by atoms with Crippen LogP contribution in [0.15, 0.2) is 30.3 Å². The summed E-state index contributed by atoms with van der Waals surface area (Å²) in [4.78, 5) is 21.7. The maximum absolute atomic E-state index is 12.1. The van der Waals surface area contributed by atoms with Gasteiger partial charge in [-0.25, -0.2) is 14.0 Å². The number of nitrogens with zero attached hydrogens (tertiary/aromatic N) is 3. The van der Waals surface area contributed by atoms with E-state index in [1.165, 1.54) is 12.2 Å². The highest BCUT2D eigenvalue weighted by Gasteiger charge is 2.25. The second-order valence-electron chi connectivity index (χ2n) is 6.70. The van der Waals surface area contributed by atoms with E-state index in [9.17, 15) is 4.79 Å². The summed E-state index contributed by atoms with van der Waals surface area (Å²) in [5, 5.41) is 0. The smallest absolute Gasteiger partial charge is 0.410 e. The quantitative estimate of drug-likeness (QED) is 0.325. The first-order chi connectivity index (χ1) is 12.7. The van der Waals surface area contributed by atoms with Crippen LogP contribution < -0.4 is 0 Å². The lowest BCUT2D eigenvalue weighted by Crippen LogP contribution is -2.42. The molecule has 0 aromatic heterocycles. The fourth-order valence-corrected chi connectivity index (χ4v) is 3.47. The van der Waals surface area contributed by atoms with Crippen LogP contribution in [0.5, 0.6) is 0 Å². The van der Waals surface area contributed by atoms with Crippen LogP contribution in [0.4, 0.5) is 4.79 Å². The molecule has 8 heteroatoms. The molecule has 0 saturated carbocycles. The lowest BCUT2D eigenvalue weighted by atomic mass is 10.1. The summed E-state index contributed by atoms with van der Waals surface area (Å²) in [6.45, 7) is 5.58. The highest BCUT2D eigenvalue weighted by molar-refractivity contribution is 7.92. The van der Waals surface area contributed by atoms with Crippen molar-refractivity contribution in [2.75, 3.05) is 46.3 Å². The van der Waals surface area contributed by atoms with Crippen molar-refractivity contribution < 1.29 is 18.8 Å². The molecule has 26 heavy (non-hydrogen) atoms. The number of piperazine rings is 1. The monoisotopic (exact) mass is 381 g/mol. The number of carbonyl (C=O) groups is 1. The van der Waals surface area contributed by atoms with Gasteiger partial charge in [0, 0.05) is 39.3 Å². The summed E-state index contributed by atoms with van der Waals surface area (Å²) in [5.41, 5.74) is 0.994. The molecule has 0 atom stereocenters. The Morgan fingerprint density at radius 2 is 1.77 bits per heavy atom. The number of hydrogen-bond acceptors (Lipinski definition) is 7. The Kier molecular flexibility index (Phi) is 7.57. The van der Waals surface area contributed by atoms with Crippen molar-refractivity contribution in [1.29, 1.82) is 0 Å². The molecule has 0 N–H and O–H groups in total. The van der Waals surface area contributed by atoms with Gasteiger partial charge in [-0.1, -0.05) is 30.3 Å². The van der Waals surface area contributed by atoms with Gasteiger partial charge in [0.05, 0.1) is 6.10 Å². The third-order valence-electron chi connectivity index (χ3n) is 4.68. The average molecular weight is 381 g/mol. The van der Waals surface area contributed by atoms with Crippen LogP contribution in [0.1, 0.15) is 18.4 Å². The summed E-state index contributed by atoms with van der Waals surface area (Å²) in [5.74, 6) is 0. The SMILES string of the molecule is CN1CCN(SOOC2CCN(C(=O)OCc3ccccc3)CC2)CC1. The molecule has 144 valence electrons. The number of hydrogen-bond donors (Lipinski definition) is 0. The molecule has 1 amide bonds. The van der Waals surface area contributed by atoms with Crippen LogP contribution in [0.25, 0.3) is 0 Å². The summed E-state index contributed by atoms with van der Waals surface area (Å²) >= 11 is 1.29. The molecule has 7 nitrogen and oxygen atoms in total. The van der Waals surface area contributed by atoms with Gasteiger partial charge in [0.1, 0.15) is 18.8 Å². The summed E-state index contributed by atoms with van der Waals surface area (Å²) in [7, 11) is 2.12. The molecule has 0 aliphatic carbocycles. The fourth-order valence-electron chi connectivity index (χ4n) is 2.92. The first-order valence-electron chi connectivity index (χ1n) is 9.10. The van der Waals surface area contributed by atoms with Gasteiger partial charge in [0.25, 0.3) is 0 Å². The molecule has 2 aliphatic rings. The molecule has 2 fully saturated rings. The topological polar surface area (TPSA) is 54.5 Å². The second-order valence-corrected chi connectivity index (χ2v) is 7.50. The van der Waals surface area contributed by atoms with Crippen molar-refractivity contribution in [1.82, 2.24) is 14.1 Å². The highest BCUT2D eigenvalue weighted by Crippen LogP contribution is 2.20. The van der Waals surface area contributed by atoms with Gasteiger partial charge in [-0.15, -0.1) is 4.33 Å². The van der Waals surface area contributed by atoms with E-state index in [-0.39, 0.29) is 12.2 Å². The molecule has 0 spiro atoms. The van der Waals surface area contributed by atoms with Crippen molar-refractivity contribution in [2.45, 2.75) is 25.6 Å². The molecule has 0 radical (unpaired) electrons. The van der Waals surface area contributed by atoms with Gasteiger partial charge in [-0.3, -0.25) is 0 Å². The number of amides is 1. The van der Waals surface area contributed by atoms with E-state index in [1.807, 2.05) is 30.3 Å². The van der Waals surface area contributed by atoms with Crippen LogP contribution in [0.3, 0.4) is 0 Å². The summed E-state index contributed by atoms with van der Waals surface area (Å²) in [6, 6.07) is 9.71. The van der Waals surface area contributed by atoms with Crippen molar-refractivity contribution in [3.05, 3.63) is 35.9 Å². The van der Waals surface area contributed by atoms with Crippen molar-refractivity contribution >= 4 is 18.3 Å². The van der Waals surface area contributed by atoms with Gasteiger partial charge >= 0.3 is 6.09 Å². The highest BCUT2D eigenvalue weighted by atomic mass is 32.2. The minimum Gasteiger partial charge on any atom is -0.445 e. The molecule has 2 heterocycles. The Hall–Kier alpha value is -1.32. The van der Waals surface area contributed by atoms with Crippen LogP contribution in [0.2, 0.25) is 0 Å². The number of piperidine rings is 1. The standard InChI is InChI=1S/C18H27N3O4S/c1-19-11-13-21(14-12-19)26-25-24-17-7-9-20(10-8-17)18(22)23-15-16-5-3-2-4-6-16/h2-6,17H,7-15H2,1H3. The zero-order valence-electron chi connectivity index (χ0n) is 15.2. The Bertz CT molecular complexity index is 547. The van der Waals surface area contributed by atoms with Crippen molar-refractivity contribution in [3.8, 4) is 0 Å². The van der Waals surface area contributed by atoms with E-state index in [0.29, 0.717) is 19.7 Å². The fraction of sp³-hybridized carbons (Fsp3) is 0.611. The zero-order valence-corrected chi connectivity index (χ0v) is 16.0. The minimum absolute atomic E-state index is 0.0214. The molecule has 2 saturated heterocycles. The van der Waals surface area contributed by atoms with Gasteiger partial charge in [-0.05, 0) is 25.5 Å². The molecular formula is C18H27N3O4S. The number of likely N-dealkylation sites (tertiary alicyclic amines) is 1. The third kappa shape index (κ3) is 6.14. The third-order valence-corrected chi connectivity index (χ3v) is 5.39. The molecule has 3 rings (SSSR count). The maximum Gasteiger partial charge on any atom is 0.410 e. The number of likely N-dealkylation sites (N-methyl/N-ethyl adjacent to an activating group) is 1. The van der Waals surface area contributed by atoms with Crippen LogP contribution >= 0.6 is 12.2 Å². The van der Waals surface area contributed by atoms with Gasteiger partial charge in [-0.2, -0.15) is 0 Å². The van der Waals surface area contributed by atoms with Crippen molar-refractivity contribution in [3.63, 3.8) is 0 Å². The van der Waals surface area contributed by atoms with Gasteiger partial charge in [0.15, 0.2) is 0 Å². The number of rotatable bonds is 6. The lowest BCUT2D eigenvalue weighted by Gasteiger charge is -2.32. The second kappa shape index (κ2) is 10.1. The lowest BCUT2D eigenvalue weighted by molar-refractivity contribution is -0.241. The van der Waals surface area contributed by atoms with Crippen LogP contribution in [-0.2, 0) is 20.6 Å². The van der Waals surface area contributed by atoms with Crippen LogP contribution in [-0.4, -0.2) is 72.6 Å². The Balaban J connectivity index is 1.28. The molecular weight excluding hydrogens is 354 g/mol. The van der Waals surface area contributed by atoms with E-state index in [4.69, 9.17) is 14.0 Å². The van der Waals surface area contributed by atoms with Crippen molar-refractivity contribution in [2.24, 2.45) is 0 Å². The largest absolute Gasteiger partial charge is 0.445 e. The average Bonchev–Trinajstić information content (AvgIpc) is 2.69. The summed E-state index contributed by atoms with van der Waals surface area (Å²) < 4.78 is 12.9. The molecule has 1 aromatic rings. The van der Waals surface area contributed by atoms with E-state index < -0.39 is 0 Å². The predicted molar refractivity (Wildman–Crippen MR) is 100 cm³/mol. The molecule has 0 bridgehead atoms. The van der Waals surface area contributed by atoms with E-state index in [1.54, 1.807) is 4.90 Å².